The Balaban J connectivity index is 1.66. The lowest BCUT2D eigenvalue weighted by molar-refractivity contribution is -0.139. The van der Waals surface area contributed by atoms with Gasteiger partial charge < -0.3 is 19.7 Å². The van der Waals surface area contributed by atoms with E-state index in [2.05, 4.69) is 5.32 Å². The van der Waals surface area contributed by atoms with Crippen LogP contribution in [0.2, 0.25) is 0 Å². The number of hydrogen-bond donors (Lipinski definition) is 1. The molecule has 43 heavy (non-hydrogen) atoms. The van der Waals surface area contributed by atoms with E-state index in [1.165, 1.54) is 11.9 Å². The van der Waals surface area contributed by atoms with Crippen LogP contribution in [0, 0.1) is 0 Å². The van der Waals surface area contributed by atoms with E-state index in [1.54, 1.807) is 49.6 Å². The van der Waals surface area contributed by atoms with Crippen LogP contribution in [-0.4, -0.2) is 58.1 Å². The maximum Gasteiger partial charge on any atom is 0.244 e. The second kappa shape index (κ2) is 14.4. The summed E-state index contributed by atoms with van der Waals surface area (Å²) < 4.78 is 38.2. The maximum atomic E-state index is 14.1. The van der Waals surface area contributed by atoms with Crippen molar-refractivity contribution in [3.8, 4) is 17.2 Å². The third-order valence-electron chi connectivity index (χ3n) is 6.79. The van der Waals surface area contributed by atoms with E-state index in [9.17, 15) is 18.0 Å². The molecule has 4 aromatic carbocycles. The van der Waals surface area contributed by atoms with Crippen LogP contribution in [0.15, 0.2) is 109 Å². The summed E-state index contributed by atoms with van der Waals surface area (Å²) in [6.45, 7) is -0.452. The highest BCUT2D eigenvalue weighted by Gasteiger charge is 2.32. The fraction of sp³-hybridized carbons (Fsp3) is 0.212. The van der Waals surface area contributed by atoms with Gasteiger partial charge in [0.2, 0.25) is 21.8 Å². The second-order valence-electron chi connectivity index (χ2n) is 9.87. The molecule has 0 aliphatic carbocycles. The number of para-hydroxylation sites is 1. The summed E-state index contributed by atoms with van der Waals surface area (Å²) in [4.78, 5) is 28.7. The molecule has 4 rings (SSSR count). The van der Waals surface area contributed by atoms with Gasteiger partial charge in [0, 0.05) is 20.0 Å². The summed E-state index contributed by atoms with van der Waals surface area (Å²) in [5.74, 6) is 0.838. The molecule has 0 radical (unpaired) electrons. The van der Waals surface area contributed by atoms with Gasteiger partial charge >= 0.3 is 0 Å². The smallest absolute Gasteiger partial charge is 0.244 e. The van der Waals surface area contributed by atoms with Crippen LogP contribution in [0.1, 0.15) is 11.1 Å². The van der Waals surface area contributed by atoms with E-state index >= 15 is 0 Å². The zero-order chi connectivity index (χ0) is 30.8. The van der Waals surface area contributed by atoms with Crippen molar-refractivity contribution in [1.29, 1.82) is 0 Å². The van der Waals surface area contributed by atoms with Crippen LogP contribution >= 0.6 is 0 Å². The molecular weight excluding hydrogens is 566 g/mol. The number of nitrogens with zero attached hydrogens (tertiary/aromatic N) is 2. The number of carbonyl (C=O) groups is 2. The zero-order valence-corrected chi connectivity index (χ0v) is 25.2. The Morgan fingerprint density at radius 2 is 1.37 bits per heavy atom. The third-order valence-corrected chi connectivity index (χ3v) is 7.93. The highest BCUT2D eigenvalue weighted by atomic mass is 32.2. The molecule has 10 heteroatoms. The molecule has 0 saturated carbocycles. The summed E-state index contributed by atoms with van der Waals surface area (Å²) in [6.07, 6.45) is 1.28. The van der Waals surface area contributed by atoms with Crippen LogP contribution < -0.4 is 19.1 Å². The maximum absolute atomic E-state index is 14.1. The van der Waals surface area contributed by atoms with E-state index in [1.807, 2.05) is 66.7 Å². The van der Waals surface area contributed by atoms with Gasteiger partial charge in [0.15, 0.2) is 0 Å². The van der Waals surface area contributed by atoms with Gasteiger partial charge in [-0.2, -0.15) is 0 Å². The van der Waals surface area contributed by atoms with Gasteiger partial charge in [-0.05, 0) is 59.7 Å². The topological polar surface area (TPSA) is 105 Å². The van der Waals surface area contributed by atoms with Gasteiger partial charge in [-0.25, -0.2) is 8.42 Å². The van der Waals surface area contributed by atoms with E-state index in [0.29, 0.717) is 17.2 Å². The van der Waals surface area contributed by atoms with E-state index in [4.69, 9.17) is 9.47 Å². The van der Waals surface area contributed by atoms with Crippen molar-refractivity contribution in [1.82, 2.24) is 10.2 Å². The zero-order valence-electron chi connectivity index (χ0n) is 24.3. The molecule has 0 heterocycles. The minimum atomic E-state index is -3.89. The molecule has 0 aliphatic rings. The van der Waals surface area contributed by atoms with Crippen LogP contribution in [0.4, 0.5) is 5.69 Å². The molecule has 0 aromatic heterocycles. The quantitative estimate of drug-likeness (QED) is 0.240. The fourth-order valence-corrected chi connectivity index (χ4v) is 5.46. The third kappa shape index (κ3) is 8.59. The standard InChI is InChI=1S/C33H35N3O6S/c1-34-33(38)31(22-25-11-6-4-7-12-25)35(23-26-13-10-16-30(21-26)41-2)32(37)24-36(43(3,39)40)27-17-19-29(20-18-27)42-28-14-8-5-9-15-28/h4-21,31H,22-24H2,1-3H3,(H,34,38)/t31-/m1/s1. The molecule has 0 aliphatic heterocycles. The Labute approximate surface area is 252 Å². The summed E-state index contributed by atoms with van der Waals surface area (Å²) in [5, 5.41) is 2.67. The molecular formula is C33H35N3O6S. The SMILES string of the molecule is CNC(=O)[C@@H](Cc1ccccc1)N(Cc1cccc(OC)c1)C(=O)CN(c1ccc(Oc2ccccc2)cc1)S(C)(=O)=O. The van der Waals surface area contributed by atoms with Gasteiger partial charge in [0.05, 0.1) is 19.1 Å². The largest absolute Gasteiger partial charge is 0.497 e. The molecule has 0 bridgehead atoms. The van der Waals surface area contributed by atoms with Crippen molar-refractivity contribution in [2.75, 3.05) is 31.3 Å². The second-order valence-corrected chi connectivity index (χ2v) is 11.8. The fourth-order valence-electron chi connectivity index (χ4n) is 4.61. The van der Waals surface area contributed by atoms with Crippen molar-refractivity contribution in [2.45, 2.75) is 19.0 Å². The highest BCUT2D eigenvalue weighted by molar-refractivity contribution is 7.92. The predicted molar refractivity (Wildman–Crippen MR) is 167 cm³/mol. The Morgan fingerprint density at radius 3 is 1.98 bits per heavy atom. The molecule has 1 atom stereocenters. The summed E-state index contributed by atoms with van der Waals surface area (Å²) >= 11 is 0. The van der Waals surface area contributed by atoms with Crippen molar-refractivity contribution in [2.24, 2.45) is 0 Å². The number of nitrogens with one attached hydrogen (secondary N) is 1. The number of anilines is 1. The van der Waals surface area contributed by atoms with Crippen LogP contribution in [0.25, 0.3) is 0 Å². The monoisotopic (exact) mass is 601 g/mol. The number of benzene rings is 4. The summed E-state index contributed by atoms with van der Waals surface area (Å²) in [5.41, 5.74) is 1.87. The van der Waals surface area contributed by atoms with Crippen molar-refractivity contribution in [3.63, 3.8) is 0 Å². The Morgan fingerprint density at radius 1 is 0.791 bits per heavy atom. The van der Waals surface area contributed by atoms with Crippen molar-refractivity contribution < 1.29 is 27.5 Å². The average molecular weight is 602 g/mol. The first-order valence-electron chi connectivity index (χ1n) is 13.7. The molecule has 2 amide bonds. The predicted octanol–water partition coefficient (Wildman–Crippen LogP) is 4.64. The van der Waals surface area contributed by atoms with E-state index in [-0.39, 0.29) is 24.6 Å². The van der Waals surface area contributed by atoms with E-state index < -0.39 is 28.5 Å². The number of carbonyl (C=O) groups excluding carboxylic acids is 2. The van der Waals surface area contributed by atoms with Gasteiger partial charge in [-0.3, -0.25) is 13.9 Å². The van der Waals surface area contributed by atoms with E-state index in [0.717, 1.165) is 21.7 Å². The highest BCUT2D eigenvalue weighted by Crippen LogP contribution is 2.26. The first-order chi connectivity index (χ1) is 20.7. The number of methoxy groups -OCH3 is 1. The summed E-state index contributed by atoms with van der Waals surface area (Å²) in [6, 6.07) is 31.3. The molecule has 0 spiro atoms. The molecule has 9 nitrogen and oxygen atoms in total. The molecule has 4 aromatic rings. The summed E-state index contributed by atoms with van der Waals surface area (Å²) in [7, 11) is -0.831. The Bertz CT molecular complexity index is 1610. The van der Waals surface area contributed by atoms with Gasteiger partial charge in [0.1, 0.15) is 29.8 Å². The lowest BCUT2D eigenvalue weighted by Crippen LogP contribution is -2.52. The van der Waals surface area contributed by atoms with Crippen LogP contribution in [0.3, 0.4) is 0 Å². The number of rotatable bonds is 13. The number of sulfonamides is 1. The van der Waals surface area contributed by atoms with Gasteiger partial charge in [-0.1, -0.05) is 60.7 Å². The first-order valence-corrected chi connectivity index (χ1v) is 15.5. The molecule has 1 N–H and O–H groups in total. The minimum Gasteiger partial charge on any atom is -0.497 e. The molecule has 224 valence electrons. The number of ether oxygens (including phenoxy) is 2. The first kappa shape index (κ1) is 31.1. The van der Waals surface area contributed by atoms with Crippen LogP contribution in [0.5, 0.6) is 17.2 Å². The van der Waals surface area contributed by atoms with Crippen molar-refractivity contribution >= 4 is 27.5 Å². The Hall–Kier alpha value is -4.83. The number of likely N-dealkylation sites (N-methyl/N-ethyl adjacent to an activating group) is 1. The van der Waals surface area contributed by atoms with Crippen LogP contribution in [-0.2, 0) is 32.6 Å². The number of amides is 2. The normalized spacial score (nSPS) is 11.7. The van der Waals surface area contributed by atoms with Gasteiger partial charge in [0.25, 0.3) is 0 Å². The molecule has 0 saturated heterocycles. The number of hydrogen-bond acceptors (Lipinski definition) is 6. The lowest BCUT2D eigenvalue weighted by Gasteiger charge is -2.33. The molecule has 0 fully saturated rings. The average Bonchev–Trinajstić information content (AvgIpc) is 3.02. The lowest BCUT2D eigenvalue weighted by atomic mass is 10.0. The van der Waals surface area contributed by atoms with Crippen molar-refractivity contribution in [3.05, 3.63) is 120 Å². The van der Waals surface area contributed by atoms with Gasteiger partial charge in [-0.15, -0.1) is 0 Å². The molecule has 0 unspecified atom stereocenters. The minimum absolute atomic E-state index is 0.0579. The Kier molecular flexibility index (Phi) is 10.4.